The molecular formula is C12H13N5. The molecular weight excluding hydrogens is 214 g/mol. The molecule has 0 fully saturated rings. The lowest BCUT2D eigenvalue weighted by Crippen LogP contribution is -2.10. The van der Waals surface area contributed by atoms with E-state index in [4.69, 9.17) is 10.5 Å². The van der Waals surface area contributed by atoms with Gasteiger partial charge in [-0.3, -0.25) is 5.43 Å². The van der Waals surface area contributed by atoms with E-state index in [1.54, 1.807) is 12.1 Å². The van der Waals surface area contributed by atoms with Crippen LogP contribution in [0.5, 0.6) is 0 Å². The molecule has 2 N–H and O–H groups in total. The summed E-state index contributed by atoms with van der Waals surface area (Å²) < 4.78 is 0. The Kier molecular flexibility index (Phi) is 5.23. The molecule has 0 radical (unpaired) electrons. The minimum atomic E-state index is -0.191. The number of hydrogen-bond donors (Lipinski definition) is 2. The number of likely N-dealkylation sites (N-methyl/N-ethyl adjacent to an activating group) is 1. The van der Waals surface area contributed by atoms with Crippen LogP contribution in [0.15, 0.2) is 29.4 Å². The first kappa shape index (κ1) is 12.7. The number of anilines is 1. The topological polar surface area (TPSA) is 84.0 Å². The summed E-state index contributed by atoms with van der Waals surface area (Å²) in [4.78, 5) is 0. The first-order chi connectivity index (χ1) is 8.30. The number of nitrogens with zero attached hydrogens (tertiary/aromatic N) is 3. The lowest BCUT2D eigenvalue weighted by atomic mass is 10.1. The summed E-state index contributed by atoms with van der Waals surface area (Å²) >= 11 is 0. The number of benzene rings is 1. The van der Waals surface area contributed by atoms with E-state index in [1.165, 1.54) is 5.56 Å². The van der Waals surface area contributed by atoms with Gasteiger partial charge in [-0.1, -0.05) is 12.1 Å². The fourth-order valence-electron chi connectivity index (χ4n) is 1.21. The maximum absolute atomic E-state index is 8.50. The second kappa shape index (κ2) is 7.00. The smallest absolute Gasteiger partial charge is 0.237 e. The Morgan fingerprint density at radius 3 is 2.41 bits per heavy atom. The third kappa shape index (κ3) is 4.33. The highest BCUT2D eigenvalue weighted by atomic mass is 15.3. The van der Waals surface area contributed by atoms with Crippen LogP contribution in [0, 0.1) is 22.7 Å². The summed E-state index contributed by atoms with van der Waals surface area (Å²) in [6, 6.07) is 11.0. The normalized spacial score (nSPS) is 8.88. The zero-order valence-corrected chi connectivity index (χ0v) is 9.57. The highest BCUT2D eigenvalue weighted by Gasteiger charge is 1.95. The maximum atomic E-state index is 8.50. The summed E-state index contributed by atoms with van der Waals surface area (Å²) in [5.41, 5.74) is 4.44. The van der Waals surface area contributed by atoms with Crippen molar-refractivity contribution in [3.8, 4) is 12.1 Å². The molecule has 0 saturated heterocycles. The van der Waals surface area contributed by atoms with Crippen molar-refractivity contribution in [1.82, 2.24) is 5.32 Å². The highest BCUT2D eigenvalue weighted by Crippen LogP contribution is 2.09. The minimum absolute atomic E-state index is 0.191. The Morgan fingerprint density at radius 1 is 1.24 bits per heavy atom. The van der Waals surface area contributed by atoms with Crippen molar-refractivity contribution in [3.63, 3.8) is 0 Å². The molecule has 0 bridgehead atoms. The van der Waals surface area contributed by atoms with Crippen LogP contribution in [0.2, 0.25) is 0 Å². The molecule has 0 unspecified atom stereocenters. The quantitative estimate of drug-likeness (QED) is 0.586. The van der Waals surface area contributed by atoms with Gasteiger partial charge < -0.3 is 5.32 Å². The van der Waals surface area contributed by atoms with Crippen molar-refractivity contribution in [2.75, 3.05) is 19.0 Å². The molecule has 1 rings (SSSR count). The van der Waals surface area contributed by atoms with Gasteiger partial charge in [0, 0.05) is 0 Å². The first-order valence-corrected chi connectivity index (χ1v) is 5.17. The predicted molar refractivity (Wildman–Crippen MR) is 66.4 cm³/mol. The van der Waals surface area contributed by atoms with Crippen molar-refractivity contribution >= 4 is 11.4 Å². The lowest BCUT2D eigenvalue weighted by molar-refractivity contribution is 0.792. The molecule has 0 amide bonds. The Bertz CT molecular complexity index is 445. The summed E-state index contributed by atoms with van der Waals surface area (Å²) in [6.45, 7) is 0.929. The Labute approximate surface area is 100 Å². The monoisotopic (exact) mass is 227 g/mol. The van der Waals surface area contributed by atoms with E-state index in [1.807, 2.05) is 31.3 Å². The van der Waals surface area contributed by atoms with Crippen molar-refractivity contribution in [3.05, 3.63) is 29.8 Å². The summed E-state index contributed by atoms with van der Waals surface area (Å²) in [5.74, 6) is 0. The van der Waals surface area contributed by atoms with E-state index in [0.717, 1.165) is 18.7 Å². The second-order valence-corrected chi connectivity index (χ2v) is 3.35. The van der Waals surface area contributed by atoms with E-state index < -0.39 is 0 Å². The molecule has 0 aliphatic heterocycles. The molecule has 0 aliphatic rings. The van der Waals surface area contributed by atoms with Crippen LogP contribution in [0.1, 0.15) is 5.56 Å². The average molecular weight is 227 g/mol. The van der Waals surface area contributed by atoms with Crippen LogP contribution < -0.4 is 10.7 Å². The van der Waals surface area contributed by atoms with E-state index in [0.29, 0.717) is 0 Å². The second-order valence-electron chi connectivity index (χ2n) is 3.35. The zero-order chi connectivity index (χ0) is 12.5. The van der Waals surface area contributed by atoms with Gasteiger partial charge in [-0.2, -0.15) is 15.6 Å². The molecule has 86 valence electrons. The van der Waals surface area contributed by atoms with E-state index >= 15 is 0 Å². The number of hydrogen-bond acceptors (Lipinski definition) is 5. The zero-order valence-electron chi connectivity index (χ0n) is 9.57. The van der Waals surface area contributed by atoms with E-state index in [2.05, 4.69) is 15.8 Å². The van der Waals surface area contributed by atoms with Gasteiger partial charge in [-0.25, -0.2) is 0 Å². The SMILES string of the molecule is CNCCc1ccc(NN=C(C#N)C#N)cc1. The molecule has 5 nitrogen and oxygen atoms in total. The Hall–Kier alpha value is -2.37. The number of rotatable bonds is 5. The van der Waals surface area contributed by atoms with Gasteiger partial charge >= 0.3 is 0 Å². The largest absolute Gasteiger partial charge is 0.319 e. The third-order valence-electron chi connectivity index (χ3n) is 2.13. The van der Waals surface area contributed by atoms with Crippen molar-refractivity contribution < 1.29 is 0 Å². The van der Waals surface area contributed by atoms with E-state index in [-0.39, 0.29) is 5.71 Å². The summed E-state index contributed by atoms with van der Waals surface area (Å²) in [5, 5.41) is 23.7. The molecule has 5 heteroatoms. The van der Waals surface area contributed by atoms with E-state index in [9.17, 15) is 0 Å². The molecule has 0 saturated carbocycles. The molecule has 1 aromatic carbocycles. The lowest BCUT2D eigenvalue weighted by Gasteiger charge is -2.03. The molecule has 1 aromatic rings. The minimum Gasteiger partial charge on any atom is -0.319 e. The fourth-order valence-corrected chi connectivity index (χ4v) is 1.21. The van der Waals surface area contributed by atoms with Crippen molar-refractivity contribution in [2.45, 2.75) is 6.42 Å². The molecule has 0 aromatic heterocycles. The van der Waals surface area contributed by atoms with Crippen LogP contribution in [-0.2, 0) is 6.42 Å². The fraction of sp³-hybridized carbons (Fsp3) is 0.250. The Balaban J connectivity index is 2.61. The predicted octanol–water partition coefficient (Wildman–Crippen LogP) is 1.26. The van der Waals surface area contributed by atoms with Gasteiger partial charge in [0.05, 0.1) is 5.69 Å². The van der Waals surface area contributed by atoms with Crippen molar-refractivity contribution in [2.24, 2.45) is 5.10 Å². The van der Waals surface area contributed by atoms with Gasteiger partial charge in [0.2, 0.25) is 5.71 Å². The van der Waals surface area contributed by atoms with Gasteiger partial charge in [0.15, 0.2) is 0 Å². The molecule has 0 atom stereocenters. The van der Waals surface area contributed by atoms with Gasteiger partial charge in [-0.15, -0.1) is 0 Å². The van der Waals surface area contributed by atoms with Crippen LogP contribution >= 0.6 is 0 Å². The van der Waals surface area contributed by atoms with Gasteiger partial charge in [-0.05, 0) is 37.7 Å². The van der Waals surface area contributed by atoms with Crippen LogP contribution in [0.4, 0.5) is 5.69 Å². The number of nitrogens with one attached hydrogen (secondary N) is 2. The molecule has 0 spiro atoms. The average Bonchev–Trinajstić information content (AvgIpc) is 2.39. The molecule has 0 aliphatic carbocycles. The maximum Gasteiger partial charge on any atom is 0.237 e. The highest BCUT2D eigenvalue weighted by molar-refractivity contribution is 6.10. The number of hydrazone groups is 1. The standard InChI is InChI=1S/C12H13N5/c1-15-7-6-10-2-4-11(5-3-10)16-17-12(8-13)9-14/h2-5,15-16H,6-7H2,1H3. The number of nitriles is 2. The molecule has 0 heterocycles. The van der Waals surface area contributed by atoms with Crippen molar-refractivity contribution in [1.29, 1.82) is 10.5 Å². The first-order valence-electron chi connectivity index (χ1n) is 5.17. The molecule has 17 heavy (non-hydrogen) atoms. The summed E-state index contributed by atoms with van der Waals surface area (Å²) in [6.07, 6.45) is 0.960. The van der Waals surface area contributed by atoms with Gasteiger partial charge in [0.25, 0.3) is 0 Å². The Morgan fingerprint density at radius 2 is 1.88 bits per heavy atom. The van der Waals surface area contributed by atoms with Crippen LogP contribution in [0.25, 0.3) is 0 Å². The van der Waals surface area contributed by atoms with Gasteiger partial charge in [0.1, 0.15) is 12.1 Å². The van der Waals surface area contributed by atoms with Crippen LogP contribution in [-0.4, -0.2) is 19.3 Å². The summed E-state index contributed by atoms with van der Waals surface area (Å²) in [7, 11) is 1.91. The third-order valence-corrected chi connectivity index (χ3v) is 2.13. The van der Waals surface area contributed by atoms with Crippen LogP contribution in [0.3, 0.4) is 0 Å².